The number of hydrogen-bond donors (Lipinski definition) is 0. The number of piperidine rings is 1. The molecular formula is C19H24N2O3. The summed E-state index contributed by atoms with van der Waals surface area (Å²) in [6.45, 7) is 4.03. The number of fused-ring (bicyclic) bond motifs is 1. The minimum absolute atomic E-state index is 0.0193. The number of nitrogens with zero attached hydrogens (tertiary/aromatic N) is 2. The molecule has 0 bridgehead atoms. The fourth-order valence-corrected chi connectivity index (χ4v) is 3.76. The maximum atomic E-state index is 12.8. The molecule has 5 nitrogen and oxygen atoms in total. The van der Waals surface area contributed by atoms with E-state index in [4.69, 9.17) is 4.74 Å². The summed E-state index contributed by atoms with van der Waals surface area (Å²) >= 11 is 0. The summed E-state index contributed by atoms with van der Waals surface area (Å²) in [4.78, 5) is 29.3. The Morgan fingerprint density at radius 2 is 1.79 bits per heavy atom. The highest BCUT2D eigenvalue weighted by atomic mass is 16.5. The van der Waals surface area contributed by atoms with Gasteiger partial charge in [-0.1, -0.05) is 19.1 Å². The standard InChI is InChI=1S/C19H24N2O3/c1-13-11-14(13)18(22)21-12-17(19(23)20-9-5-2-6-10-20)24-16-8-4-3-7-15(16)21/h3-4,7-8,13-14,17H,2,5-6,9-12H2,1H3. The number of ether oxygens (including phenoxy) is 1. The van der Waals surface area contributed by atoms with Gasteiger partial charge in [-0.25, -0.2) is 0 Å². The Morgan fingerprint density at radius 1 is 1.08 bits per heavy atom. The molecule has 2 aliphatic heterocycles. The average molecular weight is 328 g/mol. The molecule has 4 rings (SSSR count). The third-order valence-electron chi connectivity index (χ3n) is 5.41. The zero-order chi connectivity index (χ0) is 16.7. The Labute approximate surface area is 142 Å². The van der Waals surface area contributed by atoms with Crippen LogP contribution in [0.25, 0.3) is 0 Å². The highest BCUT2D eigenvalue weighted by Crippen LogP contribution is 2.42. The molecule has 3 aliphatic rings. The van der Waals surface area contributed by atoms with Crippen LogP contribution in [0.4, 0.5) is 5.69 Å². The molecule has 24 heavy (non-hydrogen) atoms. The van der Waals surface area contributed by atoms with Crippen LogP contribution in [0.2, 0.25) is 0 Å². The summed E-state index contributed by atoms with van der Waals surface area (Å²) < 4.78 is 5.97. The lowest BCUT2D eigenvalue weighted by Gasteiger charge is -2.37. The van der Waals surface area contributed by atoms with Crippen molar-refractivity contribution in [3.63, 3.8) is 0 Å². The summed E-state index contributed by atoms with van der Waals surface area (Å²) in [5, 5.41) is 0. The van der Waals surface area contributed by atoms with Crippen LogP contribution >= 0.6 is 0 Å². The van der Waals surface area contributed by atoms with Gasteiger partial charge >= 0.3 is 0 Å². The number of carbonyl (C=O) groups is 2. The van der Waals surface area contributed by atoms with Gasteiger partial charge in [0.25, 0.3) is 5.91 Å². The molecule has 128 valence electrons. The fourth-order valence-electron chi connectivity index (χ4n) is 3.76. The lowest BCUT2D eigenvalue weighted by molar-refractivity contribution is -0.139. The van der Waals surface area contributed by atoms with Crippen LogP contribution in [0.5, 0.6) is 5.75 Å². The Kier molecular flexibility index (Phi) is 3.94. The molecule has 1 aromatic carbocycles. The van der Waals surface area contributed by atoms with Crippen LogP contribution in [-0.4, -0.2) is 42.5 Å². The van der Waals surface area contributed by atoms with E-state index in [1.165, 1.54) is 6.42 Å². The normalized spacial score (nSPS) is 28.8. The number of rotatable bonds is 2. The van der Waals surface area contributed by atoms with Gasteiger partial charge in [-0.2, -0.15) is 0 Å². The first-order chi connectivity index (χ1) is 11.6. The predicted octanol–water partition coefficient (Wildman–Crippen LogP) is 2.45. The van der Waals surface area contributed by atoms with E-state index in [-0.39, 0.29) is 17.7 Å². The molecule has 2 fully saturated rings. The molecule has 2 amide bonds. The SMILES string of the molecule is CC1CC1C(=O)N1CC(C(=O)N2CCCCC2)Oc2ccccc21. The quantitative estimate of drug-likeness (QED) is 0.838. The van der Waals surface area contributed by atoms with Crippen molar-refractivity contribution >= 4 is 17.5 Å². The van der Waals surface area contributed by atoms with Crippen molar-refractivity contribution in [2.45, 2.75) is 38.7 Å². The number of benzene rings is 1. The van der Waals surface area contributed by atoms with E-state index >= 15 is 0 Å². The first kappa shape index (κ1) is 15.5. The van der Waals surface area contributed by atoms with Gasteiger partial charge in [0.15, 0.2) is 6.10 Å². The van der Waals surface area contributed by atoms with E-state index in [2.05, 4.69) is 6.92 Å². The number of para-hydroxylation sites is 2. The second kappa shape index (κ2) is 6.11. The molecule has 0 aromatic heterocycles. The maximum Gasteiger partial charge on any atom is 0.265 e. The molecule has 1 aromatic rings. The summed E-state index contributed by atoms with van der Waals surface area (Å²) in [7, 11) is 0. The van der Waals surface area contributed by atoms with Gasteiger partial charge in [0.05, 0.1) is 12.2 Å². The molecule has 1 saturated carbocycles. The van der Waals surface area contributed by atoms with Gasteiger partial charge < -0.3 is 14.5 Å². The molecule has 5 heteroatoms. The number of amides is 2. The third-order valence-corrected chi connectivity index (χ3v) is 5.41. The minimum Gasteiger partial charge on any atom is -0.476 e. The monoisotopic (exact) mass is 328 g/mol. The Balaban J connectivity index is 1.57. The molecule has 3 atom stereocenters. The van der Waals surface area contributed by atoms with Crippen LogP contribution in [-0.2, 0) is 9.59 Å². The van der Waals surface area contributed by atoms with Gasteiger partial charge in [-0.3, -0.25) is 9.59 Å². The smallest absolute Gasteiger partial charge is 0.265 e. The Bertz CT molecular complexity index is 654. The number of anilines is 1. The molecule has 1 aliphatic carbocycles. The summed E-state index contributed by atoms with van der Waals surface area (Å²) in [6.07, 6.45) is 3.65. The maximum absolute atomic E-state index is 12.8. The average Bonchev–Trinajstić information content (AvgIpc) is 3.37. The van der Waals surface area contributed by atoms with Gasteiger partial charge in [0.1, 0.15) is 5.75 Å². The minimum atomic E-state index is -0.587. The van der Waals surface area contributed by atoms with Crippen molar-refractivity contribution in [3.8, 4) is 5.75 Å². The van der Waals surface area contributed by atoms with Gasteiger partial charge in [-0.15, -0.1) is 0 Å². The van der Waals surface area contributed by atoms with Crippen molar-refractivity contribution in [2.75, 3.05) is 24.5 Å². The largest absolute Gasteiger partial charge is 0.476 e. The van der Waals surface area contributed by atoms with Crippen molar-refractivity contribution in [2.24, 2.45) is 11.8 Å². The number of hydrogen-bond acceptors (Lipinski definition) is 3. The third kappa shape index (κ3) is 2.76. The van der Waals surface area contributed by atoms with Crippen LogP contribution in [0.1, 0.15) is 32.6 Å². The molecule has 0 radical (unpaired) electrons. The number of likely N-dealkylation sites (tertiary alicyclic amines) is 1. The lowest BCUT2D eigenvalue weighted by atomic mass is 10.1. The van der Waals surface area contributed by atoms with Gasteiger partial charge in [0.2, 0.25) is 5.91 Å². The van der Waals surface area contributed by atoms with Crippen LogP contribution in [0, 0.1) is 11.8 Å². The van der Waals surface area contributed by atoms with Crippen molar-refractivity contribution in [1.29, 1.82) is 0 Å². The van der Waals surface area contributed by atoms with E-state index in [9.17, 15) is 9.59 Å². The van der Waals surface area contributed by atoms with Crippen LogP contribution in [0.15, 0.2) is 24.3 Å². The summed E-state index contributed by atoms with van der Waals surface area (Å²) in [6, 6.07) is 7.55. The van der Waals surface area contributed by atoms with E-state index in [1.54, 1.807) is 4.90 Å². The van der Waals surface area contributed by atoms with E-state index in [0.717, 1.165) is 38.0 Å². The predicted molar refractivity (Wildman–Crippen MR) is 90.9 cm³/mol. The highest BCUT2D eigenvalue weighted by molar-refractivity contribution is 5.99. The fraction of sp³-hybridized carbons (Fsp3) is 0.579. The van der Waals surface area contributed by atoms with Crippen molar-refractivity contribution in [3.05, 3.63) is 24.3 Å². The van der Waals surface area contributed by atoms with E-state index in [0.29, 0.717) is 18.2 Å². The zero-order valence-corrected chi connectivity index (χ0v) is 14.1. The first-order valence-corrected chi connectivity index (χ1v) is 9.01. The molecule has 0 spiro atoms. The van der Waals surface area contributed by atoms with Crippen LogP contribution in [0.3, 0.4) is 0 Å². The van der Waals surface area contributed by atoms with Crippen molar-refractivity contribution in [1.82, 2.24) is 4.90 Å². The van der Waals surface area contributed by atoms with Crippen LogP contribution < -0.4 is 9.64 Å². The van der Waals surface area contributed by atoms with E-state index < -0.39 is 6.10 Å². The second-order valence-corrected chi connectivity index (χ2v) is 7.23. The highest BCUT2D eigenvalue weighted by Gasteiger charge is 2.45. The summed E-state index contributed by atoms with van der Waals surface area (Å²) in [5.41, 5.74) is 0.796. The molecule has 0 N–H and O–H groups in total. The molecule has 3 unspecified atom stereocenters. The van der Waals surface area contributed by atoms with Gasteiger partial charge in [-0.05, 0) is 43.7 Å². The number of carbonyl (C=O) groups excluding carboxylic acids is 2. The molecular weight excluding hydrogens is 304 g/mol. The first-order valence-electron chi connectivity index (χ1n) is 9.01. The Morgan fingerprint density at radius 3 is 2.50 bits per heavy atom. The second-order valence-electron chi connectivity index (χ2n) is 7.23. The van der Waals surface area contributed by atoms with Crippen molar-refractivity contribution < 1.29 is 14.3 Å². The molecule has 1 saturated heterocycles. The molecule has 2 heterocycles. The summed E-state index contributed by atoms with van der Waals surface area (Å²) in [5.74, 6) is 1.34. The Hall–Kier alpha value is -2.04. The van der Waals surface area contributed by atoms with E-state index in [1.807, 2.05) is 29.2 Å². The lowest BCUT2D eigenvalue weighted by Crippen LogP contribution is -2.53. The zero-order valence-electron chi connectivity index (χ0n) is 14.1. The topological polar surface area (TPSA) is 49.9 Å². The van der Waals surface area contributed by atoms with Gasteiger partial charge in [0, 0.05) is 19.0 Å².